The van der Waals surface area contributed by atoms with Crippen LogP contribution in [-0.2, 0) is 6.42 Å². The van der Waals surface area contributed by atoms with E-state index in [-0.39, 0.29) is 6.10 Å². The summed E-state index contributed by atoms with van der Waals surface area (Å²) in [6.07, 6.45) is 6.53. The number of ether oxygens (including phenoxy) is 1. The molecule has 1 aliphatic rings. The third-order valence-corrected chi connectivity index (χ3v) is 4.36. The molecule has 0 unspecified atom stereocenters. The third-order valence-electron chi connectivity index (χ3n) is 4.36. The predicted octanol–water partition coefficient (Wildman–Crippen LogP) is 3.23. The van der Waals surface area contributed by atoms with E-state index in [1.165, 1.54) is 0 Å². The van der Waals surface area contributed by atoms with Crippen molar-refractivity contribution in [2.45, 2.75) is 32.3 Å². The molecule has 1 aliphatic heterocycles. The fourth-order valence-electron chi connectivity index (χ4n) is 2.90. The van der Waals surface area contributed by atoms with Crippen LogP contribution < -0.4 is 9.64 Å². The first-order chi connectivity index (χ1) is 11.8. The van der Waals surface area contributed by atoms with Gasteiger partial charge in [-0.25, -0.2) is 9.97 Å². The van der Waals surface area contributed by atoms with Crippen molar-refractivity contribution in [2.24, 2.45) is 0 Å². The maximum absolute atomic E-state index is 5.90. The minimum atomic E-state index is 0.137. The van der Waals surface area contributed by atoms with E-state index in [1.807, 2.05) is 36.7 Å². The Hall–Kier alpha value is -2.63. The molecule has 0 saturated carbocycles. The summed E-state index contributed by atoms with van der Waals surface area (Å²) in [6, 6.07) is 9.00. The van der Waals surface area contributed by atoms with E-state index in [0.29, 0.717) is 12.0 Å². The van der Waals surface area contributed by atoms with E-state index < -0.39 is 0 Å². The van der Waals surface area contributed by atoms with E-state index >= 15 is 0 Å². The molecular weight excluding hydrogens is 304 g/mol. The Morgan fingerprint density at radius 3 is 2.62 bits per heavy atom. The summed E-state index contributed by atoms with van der Waals surface area (Å²) in [6.45, 7) is 3.79. The standard InChI is InChI=1S/C18H20N4O2/c1-2-13-11-19-17(20-12-13)23-14-7-9-22(10-8-14)18-21-15-5-3-4-6-16(15)24-18/h3-6,11-12,14H,2,7-10H2,1H3. The number of oxazole rings is 1. The zero-order chi connectivity index (χ0) is 16.4. The highest BCUT2D eigenvalue weighted by molar-refractivity contribution is 5.74. The van der Waals surface area contributed by atoms with E-state index in [4.69, 9.17) is 9.15 Å². The summed E-state index contributed by atoms with van der Waals surface area (Å²) >= 11 is 0. The first-order valence-corrected chi connectivity index (χ1v) is 8.40. The van der Waals surface area contributed by atoms with Gasteiger partial charge in [0.15, 0.2) is 5.58 Å². The molecule has 6 nitrogen and oxygen atoms in total. The number of fused-ring (bicyclic) bond motifs is 1. The zero-order valence-electron chi connectivity index (χ0n) is 13.7. The van der Waals surface area contributed by atoms with E-state index in [0.717, 1.165) is 49.0 Å². The van der Waals surface area contributed by atoms with E-state index in [1.54, 1.807) is 0 Å². The van der Waals surface area contributed by atoms with Crippen LogP contribution in [0.4, 0.5) is 6.01 Å². The molecular formula is C18H20N4O2. The molecule has 0 atom stereocenters. The number of rotatable bonds is 4. The second-order valence-corrected chi connectivity index (χ2v) is 6.00. The topological polar surface area (TPSA) is 64.3 Å². The van der Waals surface area contributed by atoms with Crippen LogP contribution >= 0.6 is 0 Å². The van der Waals surface area contributed by atoms with Crippen LogP contribution in [0.15, 0.2) is 41.1 Å². The molecule has 0 amide bonds. The Kier molecular flexibility index (Phi) is 4.02. The highest BCUT2D eigenvalue weighted by atomic mass is 16.5. The van der Waals surface area contributed by atoms with Gasteiger partial charge in [0, 0.05) is 38.3 Å². The predicted molar refractivity (Wildman–Crippen MR) is 91.3 cm³/mol. The quantitative estimate of drug-likeness (QED) is 0.734. The van der Waals surface area contributed by atoms with Crippen molar-refractivity contribution in [1.82, 2.24) is 15.0 Å². The smallest absolute Gasteiger partial charge is 0.316 e. The molecule has 0 radical (unpaired) electrons. The average molecular weight is 324 g/mol. The Balaban J connectivity index is 1.37. The molecule has 1 aromatic carbocycles. The van der Waals surface area contributed by atoms with E-state index in [2.05, 4.69) is 26.8 Å². The molecule has 0 spiro atoms. The Morgan fingerprint density at radius 2 is 1.92 bits per heavy atom. The first kappa shape index (κ1) is 14.9. The van der Waals surface area contributed by atoms with Crippen molar-refractivity contribution in [2.75, 3.05) is 18.0 Å². The SMILES string of the molecule is CCc1cnc(OC2CCN(c3nc4ccccc4o3)CC2)nc1. The molecule has 1 saturated heterocycles. The van der Waals surface area contributed by atoms with Crippen molar-refractivity contribution >= 4 is 17.1 Å². The van der Waals surface area contributed by atoms with Gasteiger partial charge in [-0.05, 0) is 24.1 Å². The zero-order valence-corrected chi connectivity index (χ0v) is 13.7. The number of para-hydroxylation sites is 2. The maximum atomic E-state index is 5.90. The van der Waals surface area contributed by atoms with Crippen LogP contribution in [0.25, 0.3) is 11.1 Å². The first-order valence-electron chi connectivity index (χ1n) is 8.40. The van der Waals surface area contributed by atoms with Gasteiger partial charge in [-0.2, -0.15) is 4.98 Å². The third kappa shape index (κ3) is 3.04. The van der Waals surface area contributed by atoms with Gasteiger partial charge in [0.05, 0.1) is 0 Å². The van der Waals surface area contributed by atoms with Crippen LogP contribution in [0.1, 0.15) is 25.3 Å². The molecule has 6 heteroatoms. The summed E-state index contributed by atoms with van der Waals surface area (Å²) < 4.78 is 11.7. The minimum absolute atomic E-state index is 0.137. The summed E-state index contributed by atoms with van der Waals surface area (Å²) in [5.74, 6) is 0. The fourth-order valence-corrected chi connectivity index (χ4v) is 2.90. The lowest BCUT2D eigenvalue weighted by Gasteiger charge is -2.30. The van der Waals surface area contributed by atoms with Gasteiger partial charge in [0.2, 0.25) is 0 Å². The number of hydrogen-bond donors (Lipinski definition) is 0. The Bertz CT molecular complexity index is 774. The maximum Gasteiger partial charge on any atom is 0.316 e. The number of aryl methyl sites for hydroxylation is 1. The average Bonchev–Trinajstić information content (AvgIpc) is 3.07. The van der Waals surface area contributed by atoms with Gasteiger partial charge in [-0.15, -0.1) is 0 Å². The summed E-state index contributed by atoms with van der Waals surface area (Å²) in [5.41, 5.74) is 2.85. The molecule has 1 fully saturated rings. The summed E-state index contributed by atoms with van der Waals surface area (Å²) in [4.78, 5) is 15.3. The van der Waals surface area contributed by atoms with Crippen LogP contribution in [0.5, 0.6) is 6.01 Å². The summed E-state index contributed by atoms with van der Waals surface area (Å²) in [5, 5.41) is 0. The number of nitrogens with zero attached hydrogens (tertiary/aromatic N) is 4. The van der Waals surface area contributed by atoms with Crippen molar-refractivity contribution in [1.29, 1.82) is 0 Å². The molecule has 3 heterocycles. The molecule has 124 valence electrons. The van der Waals surface area contributed by atoms with Crippen molar-refractivity contribution in [3.63, 3.8) is 0 Å². The highest BCUT2D eigenvalue weighted by Gasteiger charge is 2.24. The monoisotopic (exact) mass is 324 g/mol. The lowest BCUT2D eigenvalue weighted by atomic mass is 10.1. The molecule has 24 heavy (non-hydrogen) atoms. The van der Waals surface area contributed by atoms with Crippen LogP contribution in [0.2, 0.25) is 0 Å². The van der Waals surface area contributed by atoms with Gasteiger partial charge < -0.3 is 14.1 Å². The molecule has 0 aliphatic carbocycles. The molecule has 4 rings (SSSR count). The van der Waals surface area contributed by atoms with Crippen molar-refractivity contribution < 1.29 is 9.15 Å². The second kappa shape index (κ2) is 6.47. The van der Waals surface area contributed by atoms with Crippen molar-refractivity contribution in [3.8, 4) is 6.01 Å². The molecule has 3 aromatic rings. The molecule has 2 aromatic heterocycles. The van der Waals surface area contributed by atoms with Gasteiger partial charge in [-0.3, -0.25) is 0 Å². The minimum Gasteiger partial charge on any atom is -0.460 e. The number of aromatic nitrogens is 3. The number of benzene rings is 1. The molecule has 0 N–H and O–H groups in total. The normalized spacial score (nSPS) is 15.8. The number of anilines is 1. The molecule has 0 bridgehead atoms. The van der Waals surface area contributed by atoms with Gasteiger partial charge >= 0.3 is 6.01 Å². The van der Waals surface area contributed by atoms with Crippen molar-refractivity contribution in [3.05, 3.63) is 42.2 Å². The largest absolute Gasteiger partial charge is 0.460 e. The lowest BCUT2D eigenvalue weighted by molar-refractivity contribution is 0.155. The van der Waals surface area contributed by atoms with E-state index in [9.17, 15) is 0 Å². The van der Waals surface area contributed by atoms with Crippen LogP contribution in [-0.4, -0.2) is 34.1 Å². The van der Waals surface area contributed by atoms with Crippen LogP contribution in [0, 0.1) is 0 Å². The lowest BCUT2D eigenvalue weighted by Crippen LogP contribution is -2.38. The number of piperidine rings is 1. The summed E-state index contributed by atoms with van der Waals surface area (Å²) in [7, 11) is 0. The van der Waals surface area contributed by atoms with Crippen LogP contribution in [0.3, 0.4) is 0 Å². The van der Waals surface area contributed by atoms with Gasteiger partial charge in [0.1, 0.15) is 11.6 Å². The van der Waals surface area contributed by atoms with Gasteiger partial charge in [-0.1, -0.05) is 19.1 Å². The Morgan fingerprint density at radius 1 is 1.17 bits per heavy atom. The highest BCUT2D eigenvalue weighted by Crippen LogP contribution is 2.25. The number of hydrogen-bond acceptors (Lipinski definition) is 6. The van der Waals surface area contributed by atoms with Gasteiger partial charge in [0.25, 0.3) is 6.01 Å². The Labute approximate surface area is 140 Å². The second-order valence-electron chi connectivity index (χ2n) is 6.00. The fraction of sp³-hybridized carbons (Fsp3) is 0.389.